The van der Waals surface area contributed by atoms with Crippen LogP contribution in [0.3, 0.4) is 0 Å². The van der Waals surface area contributed by atoms with E-state index in [-0.39, 0.29) is 28.4 Å². The molecule has 0 radical (unpaired) electrons. The maximum atomic E-state index is 14.2. The molecule has 1 amide bonds. The third kappa shape index (κ3) is 5.94. The molecule has 10 rings (SSSR count). The number of likely N-dealkylation sites (tertiary alicyclic amines) is 2. The van der Waals surface area contributed by atoms with Crippen LogP contribution >= 0.6 is 0 Å². The average molecular weight is 755 g/mol. The molecule has 6 aliphatic rings. The van der Waals surface area contributed by atoms with Crippen molar-refractivity contribution in [3.63, 3.8) is 0 Å². The molecule has 290 valence electrons. The van der Waals surface area contributed by atoms with E-state index in [1.54, 1.807) is 6.20 Å². The molecule has 4 aliphatic heterocycles. The molecule has 0 unspecified atom stereocenters. The maximum absolute atomic E-state index is 14.2. The van der Waals surface area contributed by atoms with Gasteiger partial charge in [-0.2, -0.15) is 23.3 Å². The highest BCUT2D eigenvalue weighted by molar-refractivity contribution is 6.06. The maximum Gasteiger partial charge on any atom is 0.422 e. The number of halogens is 3. The van der Waals surface area contributed by atoms with Crippen molar-refractivity contribution < 1.29 is 22.7 Å². The summed E-state index contributed by atoms with van der Waals surface area (Å²) in [5, 5.41) is 8.95. The van der Waals surface area contributed by atoms with Crippen LogP contribution in [-0.2, 0) is 4.79 Å². The van der Waals surface area contributed by atoms with Gasteiger partial charge in [-0.15, -0.1) is 0 Å². The summed E-state index contributed by atoms with van der Waals surface area (Å²) in [6.45, 7) is 12.3. The minimum atomic E-state index is -4.54. The Morgan fingerprint density at radius 1 is 1.00 bits per heavy atom. The number of anilines is 2. The number of carbonyl (C=O) groups excluding carboxylic acids is 1. The summed E-state index contributed by atoms with van der Waals surface area (Å²) in [6.07, 6.45) is 7.14. The Kier molecular flexibility index (Phi) is 8.00. The lowest BCUT2D eigenvalue weighted by Crippen LogP contribution is -2.67. The molecule has 10 nitrogen and oxygen atoms in total. The number of nitrogens with one attached hydrogen (secondary N) is 1. The summed E-state index contributed by atoms with van der Waals surface area (Å²) >= 11 is 0. The molecular formula is C42H49F3N8O2. The van der Waals surface area contributed by atoms with E-state index in [0.717, 1.165) is 117 Å². The SMILES string of the molecule is C=CC(=O)N1CC2(CCN(c3nc(N4CC5(CC(N6CCC[C@H]6C)C5)C4)nc4c(OCC(F)(F)F)c(-c5c(C)ccc6[nH]ncc56)c(C5CC5)cc34)CC2)C1. The minimum Gasteiger partial charge on any atom is -0.481 e. The van der Waals surface area contributed by atoms with Crippen LogP contribution in [0.4, 0.5) is 24.9 Å². The molecule has 4 saturated heterocycles. The highest BCUT2D eigenvalue weighted by Crippen LogP contribution is 2.55. The number of aryl methyl sites for hydroxylation is 1. The fourth-order valence-electron chi connectivity index (χ4n) is 10.7. The van der Waals surface area contributed by atoms with Gasteiger partial charge in [-0.1, -0.05) is 12.6 Å². The normalized spacial score (nSPS) is 23.7. The predicted octanol–water partition coefficient (Wildman–Crippen LogP) is 7.37. The summed E-state index contributed by atoms with van der Waals surface area (Å²) in [7, 11) is 0. The lowest BCUT2D eigenvalue weighted by atomic mass is 9.60. The summed E-state index contributed by atoms with van der Waals surface area (Å²) in [5.74, 6) is 1.64. The van der Waals surface area contributed by atoms with Gasteiger partial charge in [0.15, 0.2) is 12.4 Å². The number of carbonyl (C=O) groups is 1. The largest absolute Gasteiger partial charge is 0.481 e. The molecule has 6 heterocycles. The van der Waals surface area contributed by atoms with E-state index >= 15 is 0 Å². The van der Waals surface area contributed by atoms with Gasteiger partial charge in [0, 0.05) is 78.5 Å². The van der Waals surface area contributed by atoms with E-state index in [1.165, 1.54) is 25.5 Å². The first-order chi connectivity index (χ1) is 26.4. The Morgan fingerprint density at radius 3 is 2.44 bits per heavy atom. The molecule has 2 aliphatic carbocycles. The van der Waals surface area contributed by atoms with Crippen molar-refractivity contribution in [3.05, 3.63) is 48.2 Å². The van der Waals surface area contributed by atoms with Crippen LogP contribution in [0.15, 0.2) is 37.1 Å². The monoisotopic (exact) mass is 754 g/mol. The second kappa shape index (κ2) is 12.6. The second-order valence-electron chi connectivity index (χ2n) is 17.7. The lowest BCUT2D eigenvalue weighted by Gasteiger charge is -2.61. The molecule has 1 atom stereocenters. The van der Waals surface area contributed by atoms with Gasteiger partial charge in [0.2, 0.25) is 11.9 Å². The number of benzene rings is 2. The van der Waals surface area contributed by atoms with Crippen LogP contribution in [0.25, 0.3) is 32.9 Å². The van der Waals surface area contributed by atoms with Crippen molar-refractivity contribution in [2.45, 2.75) is 89.4 Å². The molecule has 13 heteroatoms. The van der Waals surface area contributed by atoms with Gasteiger partial charge in [-0.3, -0.25) is 14.8 Å². The van der Waals surface area contributed by atoms with Crippen LogP contribution in [-0.4, -0.2) is 107 Å². The third-order valence-electron chi connectivity index (χ3n) is 13.8. The van der Waals surface area contributed by atoms with Crippen molar-refractivity contribution in [1.82, 2.24) is 30.0 Å². The number of H-pyrrole nitrogens is 1. The number of rotatable bonds is 8. The smallest absolute Gasteiger partial charge is 0.422 e. The van der Waals surface area contributed by atoms with Crippen LogP contribution in [0.5, 0.6) is 5.75 Å². The Labute approximate surface area is 319 Å². The molecule has 2 spiro atoms. The topological polar surface area (TPSA) is 93.7 Å². The number of ether oxygens (including phenoxy) is 1. The Morgan fingerprint density at radius 2 is 1.76 bits per heavy atom. The third-order valence-corrected chi connectivity index (χ3v) is 13.8. The van der Waals surface area contributed by atoms with Crippen molar-refractivity contribution >= 4 is 39.5 Å². The lowest BCUT2D eigenvalue weighted by molar-refractivity contribution is -0.153. The van der Waals surface area contributed by atoms with Crippen molar-refractivity contribution in [2.24, 2.45) is 10.8 Å². The van der Waals surface area contributed by atoms with Gasteiger partial charge >= 0.3 is 6.18 Å². The van der Waals surface area contributed by atoms with E-state index < -0.39 is 12.8 Å². The van der Waals surface area contributed by atoms with E-state index in [2.05, 4.69) is 44.5 Å². The summed E-state index contributed by atoms with van der Waals surface area (Å²) in [6, 6.07) is 7.37. The number of alkyl halides is 3. The van der Waals surface area contributed by atoms with Crippen LogP contribution in [0, 0.1) is 17.8 Å². The molecular weight excluding hydrogens is 706 g/mol. The molecule has 0 bridgehead atoms. The van der Waals surface area contributed by atoms with Gasteiger partial charge < -0.3 is 19.4 Å². The Hall–Kier alpha value is -4.39. The first-order valence-corrected chi connectivity index (χ1v) is 20.1. The number of aromatic nitrogens is 4. The number of aromatic amines is 1. The summed E-state index contributed by atoms with van der Waals surface area (Å²) in [5.41, 5.74) is 4.95. The highest BCUT2D eigenvalue weighted by atomic mass is 19.4. The predicted molar refractivity (Wildman–Crippen MR) is 207 cm³/mol. The summed E-state index contributed by atoms with van der Waals surface area (Å²) < 4.78 is 48.5. The number of hydrogen-bond donors (Lipinski definition) is 1. The molecule has 2 aromatic heterocycles. The van der Waals surface area contributed by atoms with E-state index in [0.29, 0.717) is 29.1 Å². The number of amides is 1. The Bertz CT molecular complexity index is 2180. The van der Waals surface area contributed by atoms with Gasteiger partial charge in [0.25, 0.3) is 0 Å². The van der Waals surface area contributed by atoms with Crippen LogP contribution in [0.1, 0.15) is 75.3 Å². The molecule has 55 heavy (non-hydrogen) atoms. The molecule has 2 aromatic carbocycles. The average Bonchev–Trinajstić information content (AvgIpc) is 3.70. The molecule has 1 N–H and O–H groups in total. The number of piperidine rings is 1. The van der Waals surface area contributed by atoms with Crippen molar-refractivity contribution in [1.29, 1.82) is 0 Å². The molecule has 4 aromatic rings. The first-order valence-electron chi connectivity index (χ1n) is 20.1. The standard InChI is InChI=1S/C42H49F3N8O2/c1-4-33(54)51-20-40(21-51)11-14-50(15-12-40)38-30-16-29(27-8-9-27)35(34-25(2)7-10-32-31(34)19-46-49-32)37(55-24-42(43,44)45)36(30)47-39(48-38)52-22-41(23-52)17-28(18-41)53-13-5-6-26(53)3/h4,7,10,16,19,26-28H,1,5-6,8-9,11-15,17-18,20-24H2,2-3H3,(H,46,49)/t26-/m1/s1. The fourth-order valence-corrected chi connectivity index (χ4v) is 10.7. The zero-order valence-corrected chi connectivity index (χ0v) is 31.7. The fraction of sp³-hybridized carbons (Fsp3) is 0.571. The van der Waals surface area contributed by atoms with Gasteiger partial charge in [0.05, 0.1) is 11.7 Å². The van der Waals surface area contributed by atoms with Crippen LogP contribution in [0.2, 0.25) is 0 Å². The van der Waals surface area contributed by atoms with E-state index in [9.17, 15) is 18.0 Å². The zero-order valence-electron chi connectivity index (χ0n) is 31.7. The minimum absolute atomic E-state index is 0.0318. The second-order valence-corrected chi connectivity index (χ2v) is 17.7. The number of hydrogen-bond acceptors (Lipinski definition) is 8. The molecule has 2 saturated carbocycles. The van der Waals surface area contributed by atoms with Gasteiger partial charge in [-0.25, -0.2) is 4.98 Å². The van der Waals surface area contributed by atoms with E-state index in [1.807, 2.05) is 24.0 Å². The Balaban J connectivity index is 1.08. The first kappa shape index (κ1) is 35.1. The number of fused-ring (bicyclic) bond motifs is 2. The quantitative estimate of drug-likeness (QED) is 0.187. The van der Waals surface area contributed by atoms with Gasteiger partial charge in [-0.05, 0) is 113 Å². The van der Waals surface area contributed by atoms with Gasteiger partial charge in [0.1, 0.15) is 11.3 Å². The van der Waals surface area contributed by atoms with Crippen molar-refractivity contribution in [2.75, 3.05) is 62.2 Å². The molecule has 6 fully saturated rings. The zero-order chi connectivity index (χ0) is 37.9. The highest BCUT2D eigenvalue weighted by Gasteiger charge is 2.55. The van der Waals surface area contributed by atoms with Crippen LogP contribution < -0.4 is 14.5 Å². The number of nitrogens with zero attached hydrogens (tertiary/aromatic N) is 7. The van der Waals surface area contributed by atoms with Crippen molar-refractivity contribution in [3.8, 4) is 16.9 Å². The summed E-state index contributed by atoms with van der Waals surface area (Å²) in [4.78, 5) is 31.9. The van der Waals surface area contributed by atoms with E-state index in [4.69, 9.17) is 14.7 Å².